The van der Waals surface area contributed by atoms with E-state index in [4.69, 9.17) is 0 Å². The largest absolute Gasteiger partial charge is 0.338 e. The Bertz CT molecular complexity index is 824. The van der Waals surface area contributed by atoms with Gasteiger partial charge >= 0.3 is 0 Å². The van der Waals surface area contributed by atoms with E-state index in [-0.39, 0.29) is 5.69 Å². The summed E-state index contributed by atoms with van der Waals surface area (Å²) in [6.45, 7) is 0. The van der Waals surface area contributed by atoms with Crippen LogP contribution >= 0.6 is 0 Å². The normalized spacial score (nSPS) is 10.5. The number of H-pyrrole nitrogens is 1. The molecule has 0 saturated heterocycles. The van der Waals surface area contributed by atoms with Crippen LogP contribution in [0.2, 0.25) is 0 Å². The summed E-state index contributed by atoms with van der Waals surface area (Å²) < 4.78 is 0. The maximum atomic E-state index is 10.8. The number of rotatable bonds is 4. The van der Waals surface area contributed by atoms with Crippen molar-refractivity contribution in [2.75, 3.05) is 5.32 Å². The fourth-order valence-electron chi connectivity index (χ4n) is 2.04. The van der Waals surface area contributed by atoms with E-state index in [9.17, 15) is 14.9 Å². The Morgan fingerprint density at radius 1 is 1.19 bits per heavy atom. The second-order valence-electron chi connectivity index (χ2n) is 4.38. The Morgan fingerprint density at radius 3 is 2.62 bits per heavy atom. The lowest BCUT2D eigenvalue weighted by Crippen LogP contribution is -1.92. The molecule has 3 aromatic rings. The molecule has 1 aromatic heterocycles. The maximum absolute atomic E-state index is 10.8. The van der Waals surface area contributed by atoms with Gasteiger partial charge in [-0.2, -0.15) is 0 Å². The van der Waals surface area contributed by atoms with Crippen molar-refractivity contribution in [2.24, 2.45) is 0 Å². The second kappa shape index (κ2) is 5.04. The molecular weight excluding hydrogens is 272 g/mol. The highest BCUT2D eigenvalue weighted by Crippen LogP contribution is 2.24. The molecule has 2 N–H and O–H groups in total. The first kappa shape index (κ1) is 12.8. The summed E-state index contributed by atoms with van der Waals surface area (Å²) in [6, 6.07) is 11.6. The standard InChI is InChI=1S/C14H10N4O3/c19-8-15-10-3-1-9(2-4-10)14-16-12-6-5-11(18(20)21)7-13(12)17-14/h1-8H,(H,15,19)(H,16,17). The predicted molar refractivity (Wildman–Crippen MR) is 77.9 cm³/mol. The third kappa shape index (κ3) is 2.44. The van der Waals surface area contributed by atoms with Crippen LogP contribution in [0.5, 0.6) is 0 Å². The molecule has 21 heavy (non-hydrogen) atoms. The number of hydrogen-bond acceptors (Lipinski definition) is 4. The molecule has 1 heterocycles. The van der Waals surface area contributed by atoms with E-state index >= 15 is 0 Å². The number of carbonyl (C=O) groups excluding carboxylic acids is 1. The second-order valence-corrected chi connectivity index (χ2v) is 4.38. The minimum absolute atomic E-state index is 0.0169. The van der Waals surface area contributed by atoms with E-state index in [2.05, 4.69) is 15.3 Å². The Morgan fingerprint density at radius 2 is 1.95 bits per heavy atom. The monoisotopic (exact) mass is 282 g/mol. The van der Waals surface area contributed by atoms with E-state index in [1.54, 1.807) is 30.3 Å². The van der Waals surface area contributed by atoms with Crippen LogP contribution in [0.25, 0.3) is 22.4 Å². The van der Waals surface area contributed by atoms with Gasteiger partial charge in [-0.15, -0.1) is 0 Å². The zero-order chi connectivity index (χ0) is 14.8. The molecule has 7 nitrogen and oxygen atoms in total. The Kier molecular flexibility index (Phi) is 3.07. The SMILES string of the molecule is O=CNc1ccc(-c2nc3ccc([N+](=O)[O-])cc3[nH]2)cc1. The van der Waals surface area contributed by atoms with E-state index in [1.165, 1.54) is 12.1 Å². The Balaban J connectivity index is 2.00. The van der Waals surface area contributed by atoms with Gasteiger partial charge in [0.15, 0.2) is 0 Å². The van der Waals surface area contributed by atoms with E-state index < -0.39 is 4.92 Å². The van der Waals surface area contributed by atoms with Crippen LogP contribution in [0, 0.1) is 10.1 Å². The van der Waals surface area contributed by atoms with Crippen LogP contribution < -0.4 is 5.32 Å². The number of nitro benzene ring substituents is 1. The Labute approximate surface area is 118 Å². The van der Waals surface area contributed by atoms with Crippen molar-refractivity contribution in [2.45, 2.75) is 0 Å². The smallest absolute Gasteiger partial charge is 0.271 e. The van der Waals surface area contributed by atoms with Crippen LogP contribution in [0.4, 0.5) is 11.4 Å². The summed E-state index contributed by atoms with van der Waals surface area (Å²) in [5.41, 5.74) is 2.79. The van der Waals surface area contributed by atoms with Crippen LogP contribution in [-0.2, 0) is 4.79 Å². The molecule has 0 bridgehead atoms. The minimum atomic E-state index is -0.445. The number of imidazole rings is 1. The number of benzene rings is 2. The molecule has 0 aliphatic rings. The molecule has 0 saturated carbocycles. The molecule has 0 radical (unpaired) electrons. The zero-order valence-corrected chi connectivity index (χ0v) is 10.7. The highest BCUT2D eigenvalue weighted by atomic mass is 16.6. The van der Waals surface area contributed by atoms with Gasteiger partial charge in [-0.1, -0.05) is 0 Å². The summed E-state index contributed by atoms with van der Waals surface area (Å²) in [4.78, 5) is 28.1. The summed E-state index contributed by atoms with van der Waals surface area (Å²) in [5, 5.41) is 13.3. The number of carbonyl (C=O) groups is 1. The molecule has 0 atom stereocenters. The highest BCUT2D eigenvalue weighted by molar-refractivity contribution is 5.82. The lowest BCUT2D eigenvalue weighted by Gasteiger charge is -1.99. The van der Waals surface area contributed by atoms with Crippen molar-refractivity contribution in [1.29, 1.82) is 0 Å². The first-order valence-corrected chi connectivity index (χ1v) is 6.12. The number of hydrogen-bond donors (Lipinski definition) is 2. The van der Waals surface area contributed by atoms with Crippen molar-refractivity contribution in [1.82, 2.24) is 9.97 Å². The van der Waals surface area contributed by atoms with Crippen molar-refractivity contribution in [3.63, 3.8) is 0 Å². The third-order valence-corrected chi connectivity index (χ3v) is 3.06. The van der Waals surface area contributed by atoms with Gasteiger partial charge in [-0.05, 0) is 30.3 Å². The molecule has 0 unspecified atom stereocenters. The van der Waals surface area contributed by atoms with Crippen molar-refractivity contribution >= 4 is 28.8 Å². The van der Waals surface area contributed by atoms with Gasteiger partial charge < -0.3 is 10.3 Å². The van der Waals surface area contributed by atoms with Gasteiger partial charge in [0.1, 0.15) is 5.82 Å². The van der Waals surface area contributed by atoms with Crippen molar-refractivity contribution in [3.05, 3.63) is 52.6 Å². The average molecular weight is 282 g/mol. The Hall–Kier alpha value is -3.22. The number of aromatic amines is 1. The predicted octanol–water partition coefficient (Wildman–Crippen LogP) is 2.71. The van der Waals surface area contributed by atoms with Gasteiger partial charge in [-0.3, -0.25) is 14.9 Å². The fraction of sp³-hybridized carbons (Fsp3) is 0. The van der Waals surface area contributed by atoms with E-state index in [1.807, 2.05) is 0 Å². The third-order valence-electron chi connectivity index (χ3n) is 3.06. The topological polar surface area (TPSA) is 101 Å². The first-order valence-electron chi connectivity index (χ1n) is 6.12. The summed E-state index contributed by atoms with van der Waals surface area (Å²) in [5.74, 6) is 0.614. The summed E-state index contributed by atoms with van der Waals surface area (Å²) in [6.07, 6.45) is 0.606. The lowest BCUT2D eigenvalue weighted by atomic mass is 10.2. The van der Waals surface area contributed by atoms with Gasteiger partial charge in [0.25, 0.3) is 5.69 Å². The molecule has 1 amide bonds. The van der Waals surface area contributed by atoms with Gasteiger partial charge in [-0.25, -0.2) is 4.98 Å². The zero-order valence-electron chi connectivity index (χ0n) is 10.7. The number of anilines is 1. The van der Waals surface area contributed by atoms with Crippen LogP contribution in [-0.4, -0.2) is 21.3 Å². The first-order chi connectivity index (χ1) is 10.2. The fourth-order valence-corrected chi connectivity index (χ4v) is 2.04. The number of nitrogens with zero attached hydrogens (tertiary/aromatic N) is 2. The minimum Gasteiger partial charge on any atom is -0.338 e. The maximum Gasteiger partial charge on any atom is 0.271 e. The van der Waals surface area contributed by atoms with Crippen LogP contribution in [0.15, 0.2) is 42.5 Å². The van der Waals surface area contributed by atoms with Gasteiger partial charge in [0.05, 0.1) is 16.0 Å². The molecule has 0 aliphatic carbocycles. The van der Waals surface area contributed by atoms with Crippen molar-refractivity contribution < 1.29 is 9.72 Å². The molecule has 0 aliphatic heterocycles. The molecule has 7 heteroatoms. The summed E-state index contributed by atoms with van der Waals surface area (Å²) in [7, 11) is 0. The molecule has 104 valence electrons. The molecule has 3 rings (SSSR count). The van der Waals surface area contributed by atoms with Crippen LogP contribution in [0.3, 0.4) is 0 Å². The summed E-state index contributed by atoms with van der Waals surface area (Å²) >= 11 is 0. The quantitative estimate of drug-likeness (QED) is 0.436. The molecular formula is C14H10N4O3. The van der Waals surface area contributed by atoms with Gasteiger partial charge in [0.2, 0.25) is 6.41 Å². The number of nitro groups is 1. The molecule has 0 fully saturated rings. The number of amides is 1. The number of non-ortho nitro benzene ring substituents is 1. The van der Waals surface area contributed by atoms with E-state index in [0.717, 1.165) is 5.56 Å². The van der Waals surface area contributed by atoms with Crippen molar-refractivity contribution in [3.8, 4) is 11.4 Å². The number of aromatic nitrogens is 2. The highest BCUT2D eigenvalue weighted by Gasteiger charge is 2.10. The average Bonchev–Trinajstić information content (AvgIpc) is 2.91. The number of fused-ring (bicyclic) bond motifs is 1. The van der Waals surface area contributed by atoms with E-state index in [0.29, 0.717) is 29.0 Å². The molecule has 0 spiro atoms. The van der Waals surface area contributed by atoms with Crippen LogP contribution in [0.1, 0.15) is 0 Å². The van der Waals surface area contributed by atoms with Gasteiger partial charge in [0, 0.05) is 23.4 Å². The lowest BCUT2D eigenvalue weighted by molar-refractivity contribution is -0.384. The molecule has 2 aromatic carbocycles. The number of nitrogens with one attached hydrogen (secondary N) is 2.